The van der Waals surface area contributed by atoms with Crippen LogP contribution in [0.5, 0.6) is 0 Å². The summed E-state index contributed by atoms with van der Waals surface area (Å²) in [5, 5.41) is 5.87. The van der Waals surface area contributed by atoms with E-state index in [4.69, 9.17) is 12.2 Å². The quantitative estimate of drug-likeness (QED) is 0.793. The van der Waals surface area contributed by atoms with Crippen molar-refractivity contribution in [1.82, 2.24) is 10.2 Å². The molecule has 1 heterocycles. The maximum atomic E-state index is 12.8. The Hall–Kier alpha value is -1.95. The fourth-order valence-corrected chi connectivity index (χ4v) is 2.81. The van der Waals surface area contributed by atoms with Gasteiger partial charge in [0.1, 0.15) is 0 Å². The molecule has 0 bridgehead atoms. The topological polar surface area (TPSA) is 61.4 Å². The second kappa shape index (κ2) is 7.95. The maximum Gasteiger partial charge on any atom is 0.255 e. The number of amides is 2. The Morgan fingerprint density at radius 2 is 1.76 bits per heavy atom. The summed E-state index contributed by atoms with van der Waals surface area (Å²) >= 11 is 5.23. The zero-order chi connectivity index (χ0) is 18.6. The molecule has 6 heteroatoms. The molecule has 0 radical (unpaired) electrons. The van der Waals surface area contributed by atoms with Crippen molar-refractivity contribution >= 4 is 34.8 Å². The molecule has 2 rings (SSSR count). The number of nitrogens with one attached hydrogen (secondary N) is 2. The molecule has 0 aromatic heterocycles. The third-order valence-electron chi connectivity index (χ3n) is 4.38. The van der Waals surface area contributed by atoms with Gasteiger partial charge in [-0.1, -0.05) is 39.8 Å². The lowest BCUT2D eigenvalue weighted by Gasteiger charge is -2.31. The highest BCUT2D eigenvalue weighted by atomic mass is 32.1. The lowest BCUT2D eigenvalue weighted by molar-refractivity contribution is -0.126. The van der Waals surface area contributed by atoms with Crippen LogP contribution in [0.1, 0.15) is 50.9 Å². The molecule has 0 unspecified atom stereocenters. The molecule has 25 heavy (non-hydrogen) atoms. The van der Waals surface area contributed by atoms with Crippen LogP contribution in [-0.4, -0.2) is 34.9 Å². The van der Waals surface area contributed by atoms with Crippen molar-refractivity contribution in [3.05, 3.63) is 29.8 Å². The smallest absolute Gasteiger partial charge is 0.255 e. The average molecular weight is 362 g/mol. The van der Waals surface area contributed by atoms with Gasteiger partial charge in [-0.2, -0.15) is 0 Å². The normalized spacial score (nSPS) is 15.6. The molecule has 1 aromatic carbocycles. The van der Waals surface area contributed by atoms with Gasteiger partial charge in [-0.15, -0.1) is 0 Å². The number of para-hydroxylation sites is 1. The molecule has 1 saturated heterocycles. The van der Waals surface area contributed by atoms with Gasteiger partial charge in [0.05, 0.1) is 11.3 Å². The van der Waals surface area contributed by atoms with E-state index >= 15 is 0 Å². The largest absolute Gasteiger partial charge is 0.339 e. The lowest BCUT2D eigenvalue weighted by Crippen LogP contribution is -2.42. The summed E-state index contributed by atoms with van der Waals surface area (Å²) in [5.74, 6) is 0.497. The Labute approximate surface area is 155 Å². The Bertz CT molecular complexity index is 659. The number of carbonyl (C=O) groups excluding carboxylic acids is 2. The first kappa shape index (κ1) is 19.4. The summed E-state index contributed by atoms with van der Waals surface area (Å²) in [4.78, 5) is 26.8. The Balaban J connectivity index is 2.08. The van der Waals surface area contributed by atoms with Gasteiger partial charge < -0.3 is 15.5 Å². The van der Waals surface area contributed by atoms with Crippen LogP contribution in [0, 0.1) is 11.3 Å². The van der Waals surface area contributed by atoms with E-state index in [1.54, 1.807) is 12.1 Å². The average Bonchev–Trinajstić information content (AvgIpc) is 2.54. The van der Waals surface area contributed by atoms with Crippen molar-refractivity contribution < 1.29 is 9.59 Å². The number of anilines is 1. The Morgan fingerprint density at radius 1 is 1.16 bits per heavy atom. The van der Waals surface area contributed by atoms with Gasteiger partial charge in [-0.05, 0) is 43.1 Å². The van der Waals surface area contributed by atoms with Crippen LogP contribution in [0.25, 0.3) is 0 Å². The van der Waals surface area contributed by atoms with Gasteiger partial charge in [0.2, 0.25) is 5.91 Å². The van der Waals surface area contributed by atoms with E-state index < -0.39 is 5.41 Å². The van der Waals surface area contributed by atoms with E-state index in [0.29, 0.717) is 17.2 Å². The van der Waals surface area contributed by atoms with Crippen molar-refractivity contribution in [2.75, 3.05) is 18.4 Å². The first-order valence-electron chi connectivity index (χ1n) is 8.69. The van der Waals surface area contributed by atoms with Gasteiger partial charge in [0.15, 0.2) is 5.11 Å². The van der Waals surface area contributed by atoms with E-state index in [1.165, 1.54) is 0 Å². The maximum absolute atomic E-state index is 12.8. The molecule has 0 aliphatic carbocycles. The van der Waals surface area contributed by atoms with Crippen molar-refractivity contribution in [2.24, 2.45) is 11.3 Å². The van der Waals surface area contributed by atoms with Crippen molar-refractivity contribution in [3.63, 3.8) is 0 Å². The lowest BCUT2D eigenvalue weighted by atomic mass is 9.96. The molecule has 2 N–H and O–H groups in total. The number of piperidine rings is 1. The second-order valence-electron chi connectivity index (χ2n) is 7.68. The highest BCUT2D eigenvalue weighted by molar-refractivity contribution is 7.80. The van der Waals surface area contributed by atoms with Crippen molar-refractivity contribution in [1.29, 1.82) is 0 Å². The van der Waals surface area contributed by atoms with Crippen LogP contribution in [-0.2, 0) is 4.79 Å². The van der Waals surface area contributed by atoms with E-state index in [9.17, 15) is 9.59 Å². The van der Waals surface area contributed by atoms with E-state index in [0.717, 1.165) is 25.9 Å². The van der Waals surface area contributed by atoms with Gasteiger partial charge >= 0.3 is 0 Å². The minimum absolute atomic E-state index is 0.0000482. The van der Waals surface area contributed by atoms with Crippen LogP contribution in [0.4, 0.5) is 5.69 Å². The van der Waals surface area contributed by atoms with Gasteiger partial charge in [0, 0.05) is 18.5 Å². The van der Waals surface area contributed by atoms with E-state index in [1.807, 2.05) is 37.8 Å². The second-order valence-corrected chi connectivity index (χ2v) is 8.09. The first-order valence-corrected chi connectivity index (χ1v) is 9.10. The third-order valence-corrected chi connectivity index (χ3v) is 4.59. The fraction of sp³-hybridized carbons (Fsp3) is 0.526. The summed E-state index contributed by atoms with van der Waals surface area (Å²) in [6.45, 7) is 9.23. The predicted molar refractivity (Wildman–Crippen MR) is 105 cm³/mol. The van der Waals surface area contributed by atoms with E-state index in [2.05, 4.69) is 17.6 Å². The van der Waals surface area contributed by atoms with Crippen LogP contribution in [0.15, 0.2) is 24.3 Å². The summed E-state index contributed by atoms with van der Waals surface area (Å²) < 4.78 is 0. The number of hydrogen-bond acceptors (Lipinski definition) is 3. The predicted octanol–water partition coefficient (Wildman–Crippen LogP) is 3.42. The molecular formula is C19H27N3O2S. The standard InChI is InChI=1S/C19H27N3O2S/c1-13-9-11-22(12-10-13)16(23)14-7-5-6-8-15(14)20-18(25)21-17(24)19(2,3)4/h5-8,13H,9-12H2,1-4H3,(H2,20,21,24,25). The third kappa shape index (κ3) is 5.26. The van der Waals surface area contributed by atoms with Gasteiger partial charge in [-0.25, -0.2) is 0 Å². The zero-order valence-corrected chi connectivity index (χ0v) is 16.2. The van der Waals surface area contributed by atoms with E-state index in [-0.39, 0.29) is 16.9 Å². The Kier molecular flexibility index (Phi) is 6.16. The number of thiocarbonyl (C=S) groups is 1. The number of nitrogens with zero attached hydrogens (tertiary/aromatic N) is 1. The fourth-order valence-electron chi connectivity index (χ4n) is 2.60. The molecule has 1 aliphatic rings. The first-order chi connectivity index (χ1) is 11.7. The minimum Gasteiger partial charge on any atom is -0.339 e. The monoisotopic (exact) mass is 361 g/mol. The molecule has 5 nitrogen and oxygen atoms in total. The summed E-state index contributed by atoms with van der Waals surface area (Å²) in [6, 6.07) is 7.26. The van der Waals surface area contributed by atoms with Gasteiger partial charge in [0.25, 0.3) is 5.91 Å². The van der Waals surface area contributed by atoms with Crippen molar-refractivity contribution in [2.45, 2.75) is 40.5 Å². The van der Waals surface area contributed by atoms with Crippen molar-refractivity contribution in [3.8, 4) is 0 Å². The molecule has 1 fully saturated rings. The highest BCUT2D eigenvalue weighted by Crippen LogP contribution is 2.22. The number of benzene rings is 1. The Morgan fingerprint density at radius 3 is 2.36 bits per heavy atom. The number of carbonyl (C=O) groups is 2. The number of hydrogen-bond donors (Lipinski definition) is 2. The molecule has 2 amide bonds. The molecule has 0 spiro atoms. The minimum atomic E-state index is -0.536. The number of rotatable bonds is 2. The van der Waals surface area contributed by atoms with Crippen LogP contribution in [0.3, 0.4) is 0 Å². The molecule has 136 valence electrons. The van der Waals surface area contributed by atoms with Gasteiger partial charge in [-0.3, -0.25) is 9.59 Å². The summed E-state index contributed by atoms with van der Waals surface area (Å²) in [6.07, 6.45) is 2.06. The summed E-state index contributed by atoms with van der Waals surface area (Å²) in [7, 11) is 0. The van der Waals surface area contributed by atoms with Crippen LogP contribution < -0.4 is 10.6 Å². The van der Waals surface area contributed by atoms with Crippen LogP contribution >= 0.6 is 12.2 Å². The molecule has 0 atom stereocenters. The van der Waals surface area contributed by atoms with Crippen LogP contribution in [0.2, 0.25) is 0 Å². The SMILES string of the molecule is CC1CCN(C(=O)c2ccccc2NC(=S)NC(=O)C(C)(C)C)CC1. The highest BCUT2D eigenvalue weighted by Gasteiger charge is 2.25. The zero-order valence-electron chi connectivity index (χ0n) is 15.4. The molecule has 1 aliphatic heterocycles. The molecule has 1 aromatic rings. The molecule has 0 saturated carbocycles. The number of likely N-dealkylation sites (tertiary alicyclic amines) is 1. The molecular weight excluding hydrogens is 334 g/mol. The summed E-state index contributed by atoms with van der Waals surface area (Å²) in [5.41, 5.74) is 0.653.